The highest BCUT2D eigenvalue weighted by atomic mass is 32.2. The molecule has 200 valence electrons. The maximum absolute atomic E-state index is 13.7. The van der Waals surface area contributed by atoms with Gasteiger partial charge in [-0.25, -0.2) is 13.3 Å². The predicted octanol–water partition coefficient (Wildman–Crippen LogP) is 4.23. The molecule has 2 unspecified atom stereocenters. The summed E-state index contributed by atoms with van der Waals surface area (Å²) in [7, 11) is -1.29. The van der Waals surface area contributed by atoms with E-state index >= 15 is 0 Å². The molecule has 0 spiro atoms. The van der Waals surface area contributed by atoms with Crippen LogP contribution >= 0.6 is 9.24 Å². The van der Waals surface area contributed by atoms with Crippen LogP contribution in [0.1, 0.15) is 40.1 Å². The summed E-state index contributed by atoms with van der Waals surface area (Å²) in [5, 5.41) is 11.1. The zero-order valence-corrected chi connectivity index (χ0v) is 23.5. The molecule has 7 nitrogen and oxygen atoms in total. The Bertz CT molecular complexity index is 1360. The second kappa shape index (κ2) is 11.9. The Labute approximate surface area is 226 Å². The standard InChI is InChI=1S/C29H33N2O5PS/c1-20(2)17-30(18-27(32)22(19-37)16-21-8-4-3-5-9-21)38(35,36)24-14-12-23(13-15-24)31-28(33)25-10-6-7-11-26(25)29(31)34/h3-15,20,22,27,32H,16-19,37H2,1-2H3/t22?,27-/m0/s1. The predicted molar refractivity (Wildman–Crippen MR) is 152 cm³/mol. The Hall–Kier alpha value is -2.90. The summed E-state index contributed by atoms with van der Waals surface area (Å²) in [6.07, 6.45) is 0.398. The first-order valence-electron chi connectivity index (χ1n) is 12.6. The van der Waals surface area contributed by atoms with Gasteiger partial charge in [-0.1, -0.05) is 56.3 Å². The van der Waals surface area contributed by atoms with Crippen LogP contribution in [0.5, 0.6) is 0 Å². The molecule has 3 aromatic rings. The van der Waals surface area contributed by atoms with E-state index in [0.29, 0.717) is 29.4 Å². The van der Waals surface area contributed by atoms with Crippen molar-refractivity contribution in [2.75, 3.05) is 24.2 Å². The van der Waals surface area contributed by atoms with E-state index in [4.69, 9.17) is 0 Å². The van der Waals surface area contributed by atoms with E-state index in [9.17, 15) is 23.1 Å². The van der Waals surface area contributed by atoms with Gasteiger partial charge in [0.25, 0.3) is 11.8 Å². The topological polar surface area (TPSA) is 95.0 Å². The molecule has 0 radical (unpaired) electrons. The highest BCUT2D eigenvalue weighted by Gasteiger charge is 2.37. The van der Waals surface area contributed by atoms with Crippen molar-refractivity contribution in [3.63, 3.8) is 0 Å². The molecule has 0 aliphatic carbocycles. The molecular formula is C29H33N2O5PS. The number of hydrogen-bond acceptors (Lipinski definition) is 5. The maximum atomic E-state index is 13.7. The molecule has 3 atom stereocenters. The van der Waals surface area contributed by atoms with Crippen LogP contribution in [0.4, 0.5) is 5.69 Å². The monoisotopic (exact) mass is 552 g/mol. The van der Waals surface area contributed by atoms with Gasteiger partial charge in [0.2, 0.25) is 10.0 Å². The molecule has 3 aromatic carbocycles. The van der Waals surface area contributed by atoms with E-state index < -0.39 is 27.9 Å². The normalized spacial score (nSPS) is 15.3. The highest BCUT2D eigenvalue weighted by molar-refractivity contribution is 7.89. The fraction of sp³-hybridized carbons (Fsp3) is 0.310. The van der Waals surface area contributed by atoms with Crippen molar-refractivity contribution in [3.05, 3.63) is 95.6 Å². The first kappa shape index (κ1) is 28.1. The zero-order valence-electron chi connectivity index (χ0n) is 21.5. The Morgan fingerprint density at radius 2 is 1.39 bits per heavy atom. The van der Waals surface area contributed by atoms with Gasteiger partial charge in [-0.15, -0.1) is 9.24 Å². The number of anilines is 1. The molecule has 0 saturated carbocycles. The van der Waals surface area contributed by atoms with Crippen LogP contribution in [0.3, 0.4) is 0 Å². The third kappa shape index (κ3) is 5.89. The van der Waals surface area contributed by atoms with Crippen molar-refractivity contribution in [2.24, 2.45) is 11.8 Å². The SMILES string of the molecule is CC(C)CN(C[C@H](O)C(CP)Cc1ccccc1)S(=O)(=O)c1ccc(N2C(=O)c3ccccc3C2=O)cc1. The lowest BCUT2D eigenvalue weighted by Crippen LogP contribution is -2.43. The molecule has 0 saturated heterocycles. The molecule has 0 fully saturated rings. The van der Waals surface area contributed by atoms with Crippen LogP contribution in [0.25, 0.3) is 0 Å². The molecule has 0 bridgehead atoms. The number of carbonyl (C=O) groups excluding carboxylic acids is 2. The highest BCUT2D eigenvalue weighted by Crippen LogP contribution is 2.30. The second-order valence-corrected chi connectivity index (χ2v) is 12.4. The van der Waals surface area contributed by atoms with Crippen LogP contribution in [0, 0.1) is 11.8 Å². The van der Waals surface area contributed by atoms with E-state index in [-0.39, 0.29) is 29.8 Å². The summed E-state index contributed by atoms with van der Waals surface area (Å²) in [4.78, 5) is 26.7. The van der Waals surface area contributed by atoms with Gasteiger partial charge < -0.3 is 5.11 Å². The van der Waals surface area contributed by atoms with Gasteiger partial charge in [0.1, 0.15) is 0 Å². The number of aliphatic hydroxyl groups excluding tert-OH is 1. The van der Waals surface area contributed by atoms with Gasteiger partial charge in [0, 0.05) is 13.1 Å². The summed E-state index contributed by atoms with van der Waals surface area (Å²) in [5.41, 5.74) is 2.04. The first-order valence-corrected chi connectivity index (χ1v) is 14.9. The lowest BCUT2D eigenvalue weighted by atomic mass is 9.95. The average molecular weight is 553 g/mol. The Balaban J connectivity index is 1.55. The van der Waals surface area contributed by atoms with E-state index in [0.717, 1.165) is 10.5 Å². The zero-order chi connectivity index (χ0) is 27.4. The van der Waals surface area contributed by atoms with Crippen LogP contribution < -0.4 is 4.90 Å². The third-order valence-electron chi connectivity index (χ3n) is 6.67. The molecular weight excluding hydrogens is 519 g/mol. The van der Waals surface area contributed by atoms with Crippen LogP contribution in [0.15, 0.2) is 83.8 Å². The third-order valence-corrected chi connectivity index (χ3v) is 9.13. The number of imide groups is 1. The average Bonchev–Trinajstić information content (AvgIpc) is 3.17. The van der Waals surface area contributed by atoms with Gasteiger partial charge >= 0.3 is 0 Å². The van der Waals surface area contributed by atoms with Gasteiger partial charge in [0.15, 0.2) is 0 Å². The number of aliphatic hydroxyl groups is 1. The molecule has 38 heavy (non-hydrogen) atoms. The summed E-state index contributed by atoms with van der Waals surface area (Å²) >= 11 is 0. The fourth-order valence-electron chi connectivity index (χ4n) is 4.67. The van der Waals surface area contributed by atoms with E-state index in [1.807, 2.05) is 44.2 Å². The van der Waals surface area contributed by atoms with Gasteiger partial charge in [-0.2, -0.15) is 4.31 Å². The minimum absolute atomic E-state index is 0.0351. The van der Waals surface area contributed by atoms with Crippen molar-refractivity contribution in [2.45, 2.75) is 31.3 Å². The fourth-order valence-corrected chi connectivity index (χ4v) is 6.77. The molecule has 0 aromatic heterocycles. The smallest absolute Gasteiger partial charge is 0.266 e. The maximum Gasteiger partial charge on any atom is 0.266 e. The number of nitrogens with zero attached hydrogens (tertiary/aromatic N) is 2. The summed E-state index contributed by atoms with van der Waals surface area (Å²) in [6, 6.07) is 22.2. The number of sulfonamides is 1. The molecule has 1 N–H and O–H groups in total. The number of benzene rings is 3. The quantitative estimate of drug-likeness (QED) is 0.284. The Morgan fingerprint density at radius 1 is 0.842 bits per heavy atom. The lowest BCUT2D eigenvalue weighted by molar-refractivity contribution is 0.0924. The van der Waals surface area contributed by atoms with Crippen LogP contribution in [0.2, 0.25) is 0 Å². The van der Waals surface area contributed by atoms with Gasteiger partial charge in [-0.3, -0.25) is 9.59 Å². The summed E-state index contributed by atoms with van der Waals surface area (Å²) in [5.74, 6) is -0.970. The summed E-state index contributed by atoms with van der Waals surface area (Å²) < 4.78 is 28.7. The number of fused-ring (bicyclic) bond motifs is 1. The molecule has 1 aliphatic rings. The molecule has 2 amide bonds. The molecule has 4 rings (SSSR count). The van der Waals surface area contributed by atoms with Crippen LogP contribution in [-0.4, -0.2) is 55.0 Å². The van der Waals surface area contributed by atoms with Crippen molar-refractivity contribution in [3.8, 4) is 0 Å². The minimum Gasteiger partial charge on any atom is -0.391 e. The second-order valence-electron chi connectivity index (χ2n) is 9.95. The largest absolute Gasteiger partial charge is 0.391 e. The van der Waals surface area contributed by atoms with Gasteiger partial charge in [0.05, 0.1) is 27.8 Å². The van der Waals surface area contributed by atoms with Crippen molar-refractivity contribution in [1.29, 1.82) is 0 Å². The van der Waals surface area contributed by atoms with E-state index in [1.165, 1.54) is 28.6 Å². The lowest BCUT2D eigenvalue weighted by Gasteiger charge is -2.30. The number of rotatable bonds is 11. The summed E-state index contributed by atoms with van der Waals surface area (Å²) in [6.45, 7) is 4.07. The number of hydrogen-bond donors (Lipinski definition) is 1. The van der Waals surface area contributed by atoms with Crippen molar-refractivity contribution < 1.29 is 23.1 Å². The molecule has 1 heterocycles. The van der Waals surface area contributed by atoms with E-state index in [2.05, 4.69) is 9.24 Å². The minimum atomic E-state index is -3.95. The van der Waals surface area contributed by atoms with Crippen molar-refractivity contribution >= 4 is 36.8 Å². The van der Waals surface area contributed by atoms with Gasteiger partial charge in [-0.05, 0) is 66.4 Å². The number of carbonyl (C=O) groups is 2. The molecule has 1 aliphatic heterocycles. The van der Waals surface area contributed by atoms with Crippen LogP contribution in [-0.2, 0) is 16.4 Å². The number of amides is 2. The van der Waals surface area contributed by atoms with E-state index in [1.54, 1.807) is 24.3 Å². The molecule has 9 heteroatoms. The Kier molecular flexibility index (Phi) is 8.78. The Morgan fingerprint density at radius 3 is 1.92 bits per heavy atom. The van der Waals surface area contributed by atoms with Crippen molar-refractivity contribution in [1.82, 2.24) is 4.31 Å². The first-order chi connectivity index (χ1) is 18.1.